The number of pyridine rings is 1. The monoisotopic (exact) mass is 280 g/mol. The fraction of sp³-hybridized carbons (Fsp3) is 0.421. The van der Waals surface area contributed by atoms with Gasteiger partial charge in [-0.1, -0.05) is 37.3 Å². The molecule has 1 aliphatic rings. The Bertz CT molecular complexity index is 606. The molecule has 3 rings (SSSR count). The van der Waals surface area contributed by atoms with E-state index in [9.17, 15) is 0 Å². The van der Waals surface area contributed by atoms with Crippen LogP contribution >= 0.6 is 0 Å². The molecule has 2 aromatic rings. The molecule has 2 heteroatoms. The molecule has 0 aliphatic heterocycles. The highest BCUT2D eigenvalue weighted by atomic mass is 14.9. The van der Waals surface area contributed by atoms with Crippen LogP contribution in [0.3, 0.4) is 0 Å². The first kappa shape index (κ1) is 14.3. The Morgan fingerprint density at radius 2 is 2.14 bits per heavy atom. The second-order valence-corrected chi connectivity index (χ2v) is 6.07. The Balaban J connectivity index is 1.93. The van der Waals surface area contributed by atoms with Gasteiger partial charge in [-0.15, -0.1) is 0 Å². The molecule has 1 N–H and O–H groups in total. The van der Waals surface area contributed by atoms with Crippen molar-refractivity contribution in [1.29, 1.82) is 0 Å². The molecule has 110 valence electrons. The molecule has 1 aromatic carbocycles. The van der Waals surface area contributed by atoms with E-state index in [1.165, 1.54) is 35.1 Å². The predicted octanol–water partition coefficient (Wildman–Crippen LogP) is 4.16. The van der Waals surface area contributed by atoms with Crippen molar-refractivity contribution in [2.24, 2.45) is 0 Å². The highest BCUT2D eigenvalue weighted by molar-refractivity contribution is 5.38. The highest BCUT2D eigenvalue weighted by Gasteiger charge is 2.30. The third kappa shape index (κ3) is 3.01. The largest absolute Gasteiger partial charge is 0.309 e. The number of aromatic nitrogens is 1. The number of nitrogens with one attached hydrogen (secondary N) is 1. The van der Waals surface area contributed by atoms with Crippen LogP contribution in [0.2, 0.25) is 0 Å². The first-order valence-electron chi connectivity index (χ1n) is 8.02. The van der Waals surface area contributed by atoms with Gasteiger partial charge in [0, 0.05) is 24.4 Å². The van der Waals surface area contributed by atoms with Crippen molar-refractivity contribution in [3.05, 3.63) is 65.0 Å². The van der Waals surface area contributed by atoms with Crippen molar-refractivity contribution in [3.8, 4) is 0 Å². The van der Waals surface area contributed by atoms with Crippen molar-refractivity contribution in [2.45, 2.75) is 45.1 Å². The predicted molar refractivity (Wildman–Crippen MR) is 87.5 cm³/mol. The van der Waals surface area contributed by atoms with Gasteiger partial charge in [0.1, 0.15) is 0 Å². The van der Waals surface area contributed by atoms with E-state index in [0.29, 0.717) is 12.0 Å². The molecule has 0 amide bonds. The lowest BCUT2D eigenvalue weighted by molar-refractivity contribution is 0.441. The number of hydrogen-bond acceptors (Lipinski definition) is 2. The fourth-order valence-electron chi connectivity index (χ4n) is 3.48. The Kier molecular flexibility index (Phi) is 4.35. The molecule has 2 unspecified atom stereocenters. The normalized spacial score (nSPS) is 18.5. The third-order valence-corrected chi connectivity index (χ3v) is 4.45. The quantitative estimate of drug-likeness (QED) is 0.889. The number of nitrogens with zero attached hydrogens (tertiary/aromatic N) is 1. The Morgan fingerprint density at radius 3 is 2.95 bits per heavy atom. The van der Waals surface area contributed by atoms with E-state index >= 15 is 0 Å². The maximum absolute atomic E-state index is 4.40. The summed E-state index contributed by atoms with van der Waals surface area (Å²) in [6.07, 6.45) is 7.55. The number of rotatable bonds is 5. The Morgan fingerprint density at radius 1 is 1.29 bits per heavy atom. The number of benzene rings is 1. The van der Waals surface area contributed by atoms with Crippen LogP contribution < -0.4 is 5.32 Å². The molecule has 2 nitrogen and oxygen atoms in total. The first-order chi connectivity index (χ1) is 10.3. The summed E-state index contributed by atoms with van der Waals surface area (Å²) in [5.41, 5.74) is 5.60. The van der Waals surface area contributed by atoms with Gasteiger partial charge in [0.2, 0.25) is 0 Å². The van der Waals surface area contributed by atoms with Crippen LogP contribution in [0.1, 0.15) is 54.0 Å². The maximum Gasteiger partial charge on any atom is 0.0405 e. The van der Waals surface area contributed by atoms with Gasteiger partial charge in [0.25, 0.3) is 0 Å². The summed E-state index contributed by atoms with van der Waals surface area (Å²) in [6.45, 7) is 5.40. The van der Waals surface area contributed by atoms with Crippen molar-refractivity contribution in [3.63, 3.8) is 0 Å². The second-order valence-electron chi connectivity index (χ2n) is 6.07. The van der Waals surface area contributed by atoms with Crippen LogP contribution in [0.15, 0.2) is 42.7 Å². The van der Waals surface area contributed by atoms with E-state index in [1.54, 1.807) is 0 Å². The minimum absolute atomic E-state index is 0.376. The minimum Gasteiger partial charge on any atom is -0.309 e. The lowest BCUT2D eigenvalue weighted by atomic mass is 9.88. The molecule has 2 atom stereocenters. The van der Waals surface area contributed by atoms with Gasteiger partial charge < -0.3 is 5.32 Å². The molecule has 1 aliphatic carbocycles. The molecular formula is C19H24N2. The van der Waals surface area contributed by atoms with Crippen LogP contribution in [0.5, 0.6) is 0 Å². The van der Waals surface area contributed by atoms with Crippen molar-refractivity contribution in [1.82, 2.24) is 10.3 Å². The van der Waals surface area contributed by atoms with E-state index in [4.69, 9.17) is 0 Å². The van der Waals surface area contributed by atoms with Crippen molar-refractivity contribution in [2.75, 3.05) is 6.54 Å². The molecule has 1 heterocycles. The van der Waals surface area contributed by atoms with Gasteiger partial charge in [-0.3, -0.25) is 4.98 Å². The van der Waals surface area contributed by atoms with Gasteiger partial charge in [0.05, 0.1) is 0 Å². The topological polar surface area (TPSA) is 24.9 Å². The van der Waals surface area contributed by atoms with Crippen molar-refractivity contribution < 1.29 is 0 Å². The zero-order valence-corrected chi connectivity index (χ0v) is 13.0. The molecule has 0 bridgehead atoms. The Labute approximate surface area is 127 Å². The fourth-order valence-corrected chi connectivity index (χ4v) is 3.48. The molecule has 0 radical (unpaired) electrons. The van der Waals surface area contributed by atoms with Crippen LogP contribution in [0, 0.1) is 6.92 Å². The average Bonchev–Trinajstić information content (AvgIpc) is 2.92. The summed E-state index contributed by atoms with van der Waals surface area (Å²) in [4.78, 5) is 4.40. The summed E-state index contributed by atoms with van der Waals surface area (Å²) in [5.74, 6) is 0.566. The summed E-state index contributed by atoms with van der Waals surface area (Å²) >= 11 is 0. The van der Waals surface area contributed by atoms with Gasteiger partial charge in [-0.05, 0) is 55.0 Å². The third-order valence-electron chi connectivity index (χ3n) is 4.45. The van der Waals surface area contributed by atoms with Crippen LogP contribution in [0.4, 0.5) is 0 Å². The lowest BCUT2D eigenvalue weighted by Crippen LogP contribution is -2.27. The summed E-state index contributed by atoms with van der Waals surface area (Å²) in [6, 6.07) is 11.6. The van der Waals surface area contributed by atoms with E-state index in [1.807, 2.05) is 12.4 Å². The van der Waals surface area contributed by atoms with Crippen LogP contribution in [0.25, 0.3) is 0 Å². The van der Waals surface area contributed by atoms with E-state index in [2.05, 4.69) is 54.5 Å². The number of aryl methyl sites for hydroxylation is 2. The summed E-state index contributed by atoms with van der Waals surface area (Å²) in [7, 11) is 0. The van der Waals surface area contributed by atoms with Gasteiger partial charge in [-0.2, -0.15) is 0 Å². The van der Waals surface area contributed by atoms with Gasteiger partial charge in [0.15, 0.2) is 0 Å². The zero-order valence-electron chi connectivity index (χ0n) is 13.0. The second kappa shape index (κ2) is 6.40. The van der Waals surface area contributed by atoms with Crippen molar-refractivity contribution >= 4 is 0 Å². The minimum atomic E-state index is 0.376. The zero-order chi connectivity index (χ0) is 14.7. The highest BCUT2D eigenvalue weighted by Crippen LogP contribution is 2.41. The number of hydrogen-bond donors (Lipinski definition) is 1. The molecular weight excluding hydrogens is 256 g/mol. The van der Waals surface area contributed by atoms with E-state index in [0.717, 1.165) is 13.0 Å². The van der Waals surface area contributed by atoms with Crippen LogP contribution in [-0.4, -0.2) is 11.5 Å². The van der Waals surface area contributed by atoms with Gasteiger partial charge >= 0.3 is 0 Å². The summed E-state index contributed by atoms with van der Waals surface area (Å²) < 4.78 is 0. The Hall–Kier alpha value is -1.67. The van der Waals surface area contributed by atoms with Gasteiger partial charge in [-0.25, -0.2) is 0 Å². The summed E-state index contributed by atoms with van der Waals surface area (Å²) in [5, 5.41) is 3.76. The standard InChI is InChI=1S/C19H24N2/c1-3-10-21-19(16-11-14(2)12-20-13-16)18-9-8-15-6-4-5-7-17(15)18/h4-7,11-13,18-19,21H,3,8-10H2,1-2H3. The smallest absolute Gasteiger partial charge is 0.0405 e. The SMILES string of the molecule is CCCNC(c1cncc(C)c1)C1CCc2ccccc21. The molecule has 1 aromatic heterocycles. The lowest BCUT2D eigenvalue weighted by Gasteiger charge is -2.26. The van der Waals surface area contributed by atoms with E-state index in [-0.39, 0.29) is 0 Å². The average molecular weight is 280 g/mol. The van der Waals surface area contributed by atoms with Crippen LogP contribution in [-0.2, 0) is 6.42 Å². The molecule has 0 fully saturated rings. The molecule has 0 saturated carbocycles. The first-order valence-corrected chi connectivity index (χ1v) is 8.02. The molecule has 0 spiro atoms. The molecule has 21 heavy (non-hydrogen) atoms. The van der Waals surface area contributed by atoms with E-state index < -0.39 is 0 Å². The molecule has 0 saturated heterocycles. The maximum atomic E-state index is 4.40. The number of fused-ring (bicyclic) bond motifs is 1.